The van der Waals surface area contributed by atoms with Crippen molar-refractivity contribution in [2.75, 3.05) is 5.32 Å². The van der Waals surface area contributed by atoms with Crippen molar-refractivity contribution in [2.45, 2.75) is 19.9 Å². The number of rotatable bonds is 2. The number of hydrogen-bond acceptors (Lipinski definition) is 4. The van der Waals surface area contributed by atoms with Crippen LogP contribution in [-0.4, -0.2) is 20.5 Å². The van der Waals surface area contributed by atoms with Gasteiger partial charge in [0.1, 0.15) is 12.4 Å². The van der Waals surface area contributed by atoms with E-state index in [0.717, 1.165) is 11.3 Å². The molecular formula is C14H12Cl2N4O. The van der Waals surface area contributed by atoms with Gasteiger partial charge in [-0.1, -0.05) is 35.3 Å². The molecule has 0 fully saturated rings. The molecule has 0 saturated carbocycles. The predicted molar refractivity (Wildman–Crippen MR) is 81.6 cm³/mol. The average molecular weight is 323 g/mol. The van der Waals surface area contributed by atoms with Crippen molar-refractivity contribution in [3.05, 3.63) is 51.4 Å². The summed E-state index contributed by atoms with van der Waals surface area (Å²) in [5.74, 6) is 0.515. The van der Waals surface area contributed by atoms with Crippen molar-refractivity contribution in [3.63, 3.8) is 0 Å². The molecular weight excluding hydrogens is 311 g/mol. The Bertz CT molecular complexity index is 766. The second-order valence-corrected chi connectivity index (χ2v) is 5.58. The van der Waals surface area contributed by atoms with Gasteiger partial charge >= 0.3 is 0 Å². The van der Waals surface area contributed by atoms with Crippen molar-refractivity contribution in [1.29, 1.82) is 0 Å². The molecule has 2 aromatic rings. The molecule has 0 aliphatic carbocycles. The van der Waals surface area contributed by atoms with E-state index in [9.17, 15) is 4.79 Å². The summed E-state index contributed by atoms with van der Waals surface area (Å²) < 4.78 is 1.64. The Balaban J connectivity index is 2.27. The summed E-state index contributed by atoms with van der Waals surface area (Å²) in [6.07, 6.45) is 1.43. The van der Waals surface area contributed by atoms with Crippen molar-refractivity contribution in [3.8, 4) is 0 Å². The zero-order chi connectivity index (χ0) is 15.1. The van der Waals surface area contributed by atoms with E-state index in [1.54, 1.807) is 16.8 Å². The minimum atomic E-state index is -0.438. The molecule has 1 aliphatic heterocycles. The maximum atomic E-state index is 12.1. The van der Waals surface area contributed by atoms with Crippen LogP contribution in [0.1, 0.15) is 25.5 Å². The normalized spacial score (nSPS) is 17.4. The van der Waals surface area contributed by atoms with E-state index in [1.165, 1.54) is 13.3 Å². The fourth-order valence-corrected chi connectivity index (χ4v) is 2.98. The van der Waals surface area contributed by atoms with Gasteiger partial charge in [-0.05, 0) is 19.9 Å². The third-order valence-corrected chi connectivity index (χ3v) is 4.28. The van der Waals surface area contributed by atoms with Crippen LogP contribution in [0, 0.1) is 0 Å². The minimum absolute atomic E-state index is 0.0535. The summed E-state index contributed by atoms with van der Waals surface area (Å²) >= 11 is 12.4. The summed E-state index contributed by atoms with van der Waals surface area (Å²) in [5, 5.41) is 8.14. The summed E-state index contributed by atoms with van der Waals surface area (Å²) in [6.45, 7) is 3.36. The lowest BCUT2D eigenvalue weighted by Gasteiger charge is -2.28. The summed E-state index contributed by atoms with van der Waals surface area (Å²) in [6, 6.07) is 4.91. The topological polar surface area (TPSA) is 59.8 Å². The monoisotopic (exact) mass is 322 g/mol. The number of Topliss-reactive ketones (excluding diaryl/α,β-unsaturated/α-hetero) is 1. The van der Waals surface area contributed by atoms with Crippen molar-refractivity contribution < 1.29 is 4.79 Å². The van der Waals surface area contributed by atoms with E-state index in [4.69, 9.17) is 23.2 Å². The lowest BCUT2D eigenvalue weighted by atomic mass is 9.93. The largest absolute Gasteiger partial charge is 0.328 e. The van der Waals surface area contributed by atoms with Crippen molar-refractivity contribution >= 4 is 34.9 Å². The molecule has 0 spiro atoms. The molecule has 0 unspecified atom stereocenters. The number of halogens is 2. The van der Waals surface area contributed by atoms with E-state index in [1.807, 2.05) is 13.0 Å². The number of aromatic nitrogens is 3. The molecule has 1 aliphatic rings. The molecule has 1 aromatic heterocycles. The maximum Gasteiger partial charge on any atom is 0.226 e. The van der Waals surface area contributed by atoms with Gasteiger partial charge < -0.3 is 5.32 Å². The van der Waals surface area contributed by atoms with Crippen molar-refractivity contribution in [2.24, 2.45) is 0 Å². The van der Waals surface area contributed by atoms with Gasteiger partial charge in [0, 0.05) is 16.8 Å². The number of carbonyl (C=O) groups excluding carboxylic acids is 1. The number of benzene rings is 1. The first-order valence-electron chi connectivity index (χ1n) is 6.33. The number of allylic oxidation sites excluding steroid dienone is 2. The first-order chi connectivity index (χ1) is 10.0. The Kier molecular flexibility index (Phi) is 3.47. The quantitative estimate of drug-likeness (QED) is 0.919. The molecule has 1 aromatic carbocycles. The predicted octanol–water partition coefficient (Wildman–Crippen LogP) is 3.46. The fraction of sp³-hybridized carbons (Fsp3) is 0.214. The molecule has 1 atom stereocenters. The Morgan fingerprint density at radius 1 is 1.38 bits per heavy atom. The van der Waals surface area contributed by atoms with Gasteiger partial charge in [0.2, 0.25) is 5.95 Å². The van der Waals surface area contributed by atoms with Crippen LogP contribution < -0.4 is 5.32 Å². The van der Waals surface area contributed by atoms with E-state index in [-0.39, 0.29) is 5.78 Å². The van der Waals surface area contributed by atoms with Crippen LogP contribution in [0.5, 0.6) is 0 Å². The number of anilines is 1. The smallest absolute Gasteiger partial charge is 0.226 e. The summed E-state index contributed by atoms with van der Waals surface area (Å²) in [5.41, 5.74) is 2.06. The second kappa shape index (κ2) is 5.16. The molecule has 1 N–H and O–H groups in total. The van der Waals surface area contributed by atoms with Gasteiger partial charge in [-0.25, -0.2) is 4.68 Å². The molecule has 0 amide bonds. The molecule has 3 rings (SSSR count). The van der Waals surface area contributed by atoms with E-state index in [0.29, 0.717) is 21.6 Å². The summed E-state index contributed by atoms with van der Waals surface area (Å²) in [7, 11) is 0. The van der Waals surface area contributed by atoms with Crippen LogP contribution in [0.25, 0.3) is 0 Å². The highest BCUT2D eigenvalue weighted by atomic mass is 35.5. The molecule has 108 valence electrons. The lowest BCUT2D eigenvalue weighted by molar-refractivity contribution is -0.114. The molecule has 21 heavy (non-hydrogen) atoms. The first-order valence-corrected chi connectivity index (χ1v) is 7.08. The highest BCUT2D eigenvalue weighted by molar-refractivity contribution is 6.42. The third kappa shape index (κ3) is 2.22. The Labute approximate surface area is 131 Å². The van der Waals surface area contributed by atoms with Gasteiger partial charge in [-0.2, -0.15) is 10.1 Å². The second-order valence-electron chi connectivity index (χ2n) is 4.79. The maximum absolute atomic E-state index is 12.1. The van der Waals surface area contributed by atoms with Crippen LogP contribution in [0.3, 0.4) is 0 Å². The van der Waals surface area contributed by atoms with E-state index in [2.05, 4.69) is 15.4 Å². The standard InChI is InChI=1S/C14H12Cl2N4O/c1-7-11(8(2)21)13(20-14(19-7)17-6-18-20)9-4-3-5-10(15)12(9)16/h3-6,13H,1-2H3,(H,17,18,19)/t13-/m0/s1. The molecule has 0 bridgehead atoms. The highest BCUT2D eigenvalue weighted by Crippen LogP contribution is 2.39. The Hall–Kier alpha value is -1.85. The number of carbonyl (C=O) groups is 1. The molecule has 7 heteroatoms. The Morgan fingerprint density at radius 2 is 2.14 bits per heavy atom. The number of fused-ring (bicyclic) bond motifs is 1. The van der Waals surface area contributed by atoms with Crippen LogP contribution in [0.2, 0.25) is 10.0 Å². The number of ketones is 1. The van der Waals surface area contributed by atoms with E-state index >= 15 is 0 Å². The zero-order valence-corrected chi connectivity index (χ0v) is 12.9. The average Bonchev–Trinajstić information content (AvgIpc) is 2.88. The van der Waals surface area contributed by atoms with E-state index < -0.39 is 6.04 Å². The number of hydrogen-bond donors (Lipinski definition) is 1. The van der Waals surface area contributed by atoms with Gasteiger partial charge in [-0.3, -0.25) is 4.79 Å². The van der Waals surface area contributed by atoms with Crippen LogP contribution in [0.15, 0.2) is 35.8 Å². The highest BCUT2D eigenvalue weighted by Gasteiger charge is 2.33. The SMILES string of the molecule is CC(=O)C1=C(C)Nc2ncnn2[C@H]1c1cccc(Cl)c1Cl. The lowest BCUT2D eigenvalue weighted by Crippen LogP contribution is -2.28. The number of nitrogens with one attached hydrogen (secondary N) is 1. The molecule has 2 heterocycles. The fourth-order valence-electron chi connectivity index (χ4n) is 2.57. The van der Waals surface area contributed by atoms with Crippen LogP contribution >= 0.6 is 23.2 Å². The zero-order valence-electron chi connectivity index (χ0n) is 11.4. The first kappa shape index (κ1) is 14.1. The molecule has 0 saturated heterocycles. The number of nitrogens with zero attached hydrogens (tertiary/aromatic N) is 3. The Morgan fingerprint density at radius 3 is 2.86 bits per heavy atom. The third-order valence-electron chi connectivity index (χ3n) is 3.45. The van der Waals surface area contributed by atoms with Gasteiger partial charge in [0.15, 0.2) is 5.78 Å². The van der Waals surface area contributed by atoms with Crippen LogP contribution in [0.4, 0.5) is 5.95 Å². The molecule has 5 nitrogen and oxygen atoms in total. The van der Waals surface area contributed by atoms with Crippen LogP contribution in [-0.2, 0) is 4.79 Å². The van der Waals surface area contributed by atoms with Crippen molar-refractivity contribution in [1.82, 2.24) is 14.8 Å². The summed E-state index contributed by atoms with van der Waals surface area (Å²) in [4.78, 5) is 16.2. The van der Waals surface area contributed by atoms with Gasteiger partial charge in [0.25, 0.3) is 0 Å². The minimum Gasteiger partial charge on any atom is -0.328 e. The van der Waals surface area contributed by atoms with Gasteiger partial charge in [0.05, 0.1) is 10.0 Å². The van der Waals surface area contributed by atoms with Gasteiger partial charge in [-0.15, -0.1) is 0 Å². The molecule has 0 radical (unpaired) electrons.